The first-order valence-electron chi connectivity index (χ1n) is 6.52. The number of carbonyl (C=O) groups is 1. The van der Waals surface area contributed by atoms with E-state index in [1.807, 2.05) is 0 Å². The van der Waals surface area contributed by atoms with Crippen LogP contribution in [0.25, 0.3) is 0 Å². The number of amides is 1. The van der Waals surface area contributed by atoms with Gasteiger partial charge in [0.1, 0.15) is 11.6 Å². The number of carbonyl (C=O) groups excluding carboxylic acids is 1. The van der Waals surface area contributed by atoms with Gasteiger partial charge in [0.25, 0.3) is 0 Å². The van der Waals surface area contributed by atoms with Crippen molar-refractivity contribution in [3.63, 3.8) is 0 Å². The monoisotopic (exact) mass is 316 g/mol. The van der Waals surface area contributed by atoms with Crippen molar-refractivity contribution in [3.05, 3.63) is 24.0 Å². The number of sulfone groups is 1. The lowest BCUT2D eigenvalue weighted by molar-refractivity contribution is -0.113. The van der Waals surface area contributed by atoms with Crippen LogP contribution >= 0.6 is 0 Å². The maximum atomic E-state index is 13.5. The Kier molecular flexibility index (Phi) is 4.79. The van der Waals surface area contributed by atoms with Crippen LogP contribution in [0.3, 0.4) is 0 Å². The predicted molar refractivity (Wildman–Crippen MR) is 77.1 cm³/mol. The smallest absolute Gasteiger partial charge is 0.239 e. The molecule has 1 atom stereocenters. The summed E-state index contributed by atoms with van der Waals surface area (Å²) < 4.78 is 42.4. The molecule has 0 spiro atoms. The van der Waals surface area contributed by atoms with Crippen LogP contribution in [0.2, 0.25) is 0 Å². The largest absolute Gasteiger partial charge is 0.399 e. The Balaban J connectivity index is 1.95. The summed E-state index contributed by atoms with van der Waals surface area (Å²) in [5, 5.41) is 2.22. The van der Waals surface area contributed by atoms with Gasteiger partial charge in [-0.05, 0) is 31.0 Å². The van der Waals surface area contributed by atoms with Crippen molar-refractivity contribution in [1.82, 2.24) is 0 Å². The van der Waals surface area contributed by atoms with Gasteiger partial charge in [-0.3, -0.25) is 4.79 Å². The van der Waals surface area contributed by atoms with Gasteiger partial charge in [-0.15, -0.1) is 0 Å². The summed E-state index contributed by atoms with van der Waals surface area (Å²) in [5.74, 6) is -2.37. The SMILES string of the molecule is Nc1ccc(F)c(NC(=O)CS(=O)(=O)CC2CCCO2)c1. The van der Waals surface area contributed by atoms with E-state index in [2.05, 4.69) is 5.32 Å². The molecule has 116 valence electrons. The van der Waals surface area contributed by atoms with Gasteiger partial charge in [0.15, 0.2) is 9.84 Å². The van der Waals surface area contributed by atoms with Crippen molar-refractivity contribution >= 4 is 27.1 Å². The van der Waals surface area contributed by atoms with Crippen molar-refractivity contribution in [2.24, 2.45) is 0 Å². The second kappa shape index (κ2) is 6.40. The molecule has 8 heteroatoms. The van der Waals surface area contributed by atoms with E-state index >= 15 is 0 Å². The number of halogens is 1. The zero-order valence-electron chi connectivity index (χ0n) is 11.3. The molecule has 0 aliphatic carbocycles. The molecule has 2 rings (SSSR count). The topological polar surface area (TPSA) is 98.5 Å². The van der Waals surface area contributed by atoms with E-state index in [0.29, 0.717) is 13.0 Å². The first-order chi connectivity index (χ1) is 9.85. The van der Waals surface area contributed by atoms with Crippen LogP contribution < -0.4 is 11.1 Å². The Labute approximate surface area is 122 Å². The third-order valence-electron chi connectivity index (χ3n) is 3.08. The van der Waals surface area contributed by atoms with E-state index in [0.717, 1.165) is 12.5 Å². The van der Waals surface area contributed by atoms with E-state index in [1.165, 1.54) is 12.1 Å². The van der Waals surface area contributed by atoms with Gasteiger partial charge in [0, 0.05) is 12.3 Å². The van der Waals surface area contributed by atoms with E-state index in [4.69, 9.17) is 10.5 Å². The summed E-state index contributed by atoms with van der Waals surface area (Å²) in [7, 11) is -3.60. The number of nitrogens with two attached hydrogens (primary N) is 1. The van der Waals surface area contributed by atoms with Crippen LogP contribution in [0.1, 0.15) is 12.8 Å². The Morgan fingerprint density at radius 3 is 2.90 bits per heavy atom. The molecule has 0 bridgehead atoms. The molecule has 0 radical (unpaired) electrons. The molecule has 1 aliphatic heterocycles. The second-order valence-corrected chi connectivity index (χ2v) is 7.09. The van der Waals surface area contributed by atoms with Crippen molar-refractivity contribution in [1.29, 1.82) is 0 Å². The zero-order chi connectivity index (χ0) is 15.5. The lowest BCUT2D eigenvalue weighted by Gasteiger charge is -2.11. The van der Waals surface area contributed by atoms with Crippen LogP contribution in [0.15, 0.2) is 18.2 Å². The minimum Gasteiger partial charge on any atom is -0.399 e. The highest BCUT2D eigenvalue weighted by Crippen LogP contribution is 2.18. The zero-order valence-corrected chi connectivity index (χ0v) is 12.2. The van der Waals surface area contributed by atoms with Crippen molar-refractivity contribution in [2.45, 2.75) is 18.9 Å². The first-order valence-corrected chi connectivity index (χ1v) is 8.35. The van der Waals surface area contributed by atoms with Crippen LogP contribution in [-0.2, 0) is 19.4 Å². The lowest BCUT2D eigenvalue weighted by atomic mass is 10.2. The molecule has 6 nitrogen and oxygen atoms in total. The number of hydrogen-bond donors (Lipinski definition) is 2. The molecule has 1 heterocycles. The molecule has 1 aromatic carbocycles. The quantitative estimate of drug-likeness (QED) is 0.788. The standard InChI is InChI=1S/C13H17FN2O4S/c14-11-4-3-9(15)6-12(11)16-13(17)8-21(18,19)7-10-2-1-5-20-10/h3-4,6,10H,1-2,5,7-8,15H2,(H,16,17). The Morgan fingerprint density at radius 2 is 2.24 bits per heavy atom. The highest BCUT2D eigenvalue weighted by molar-refractivity contribution is 7.92. The predicted octanol–water partition coefficient (Wildman–Crippen LogP) is 0.940. The highest BCUT2D eigenvalue weighted by atomic mass is 32.2. The maximum absolute atomic E-state index is 13.5. The van der Waals surface area contributed by atoms with Crippen LogP contribution in [0.4, 0.5) is 15.8 Å². The van der Waals surface area contributed by atoms with Crippen LogP contribution in [0.5, 0.6) is 0 Å². The summed E-state index contributed by atoms with van der Waals surface area (Å²) in [4.78, 5) is 11.7. The number of nitrogen functional groups attached to an aromatic ring is 1. The third kappa shape index (κ3) is 4.68. The number of anilines is 2. The summed E-state index contributed by atoms with van der Waals surface area (Å²) >= 11 is 0. The van der Waals surface area contributed by atoms with Gasteiger partial charge < -0.3 is 15.8 Å². The van der Waals surface area contributed by atoms with Gasteiger partial charge >= 0.3 is 0 Å². The normalized spacial score (nSPS) is 18.6. The number of benzene rings is 1. The van der Waals surface area contributed by atoms with Gasteiger partial charge in [-0.25, -0.2) is 12.8 Å². The number of ether oxygens (including phenoxy) is 1. The average molecular weight is 316 g/mol. The fourth-order valence-electron chi connectivity index (χ4n) is 2.14. The molecule has 21 heavy (non-hydrogen) atoms. The van der Waals surface area contributed by atoms with Gasteiger partial charge in [-0.1, -0.05) is 0 Å². The number of hydrogen-bond acceptors (Lipinski definition) is 5. The molecular weight excluding hydrogens is 299 g/mol. The molecular formula is C13H17FN2O4S. The molecule has 3 N–H and O–H groups in total. The Morgan fingerprint density at radius 1 is 1.48 bits per heavy atom. The molecule has 1 aromatic rings. The molecule has 1 amide bonds. The summed E-state index contributed by atoms with van der Waals surface area (Å²) in [6.07, 6.45) is 1.14. The van der Waals surface area contributed by atoms with Crippen molar-refractivity contribution < 1.29 is 22.3 Å². The first kappa shape index (κ1) is 15.7. The minimum absolute atomic E-state index is 0.132. The molecule has 0 saturated carbocycles. The lowest BCUT2D eigenvalue weighted by Crippen LogP contribution is -2.29. The number of rotatable bonds is 5. The average Bonchev–Trinajstić information content (AvgIpc) is 2.84. The van der Waals surface area contributed by atoms with Gasteiger partial charge in [-0.2, -0.15) is 0 Å². The molecule has 1 unspecified atom stereocenters. The molecule has 0 aromatic heterocycles. The van der Waals surface area contributed by atoms with Gasteiger partial charge in [0.2, 0.25) is 5.91 Å². The van der Waals surface area contributed by atoms with Gasteiger partial charge in [0.05, 0.1) is 17.5 Å². The summed E-state index contributed by atoms with van der Waals surface area (Å²) in [6.45, 7) is 0.543. The van der Waals surface area contributed by atoms with E-state index in [1.54, 1.807) is 0 Å². The molecule has 1 saturated heterocycles. The fourth-order valence-corrected chi connectivity index (χ4v) is 3.56. The summed E-state index contributed by atoms with van der Waals surface area (Å²) in [5.41, 5.74) is 5.63. The highest BCUT2D eigenvalue weighted by Gasteiger charge is 2.25. The van der Waals surface area contributed by atoms with E-state index in [9.17, 15) is 17.6 Å². The van der Waals surface area contributed by atoms with Crippen LogP contribution in [0, 0.1) is 5.82 Å². The second-order valence-electron chi connectivity index (χ2n) is 4.98. The van der Waals surface area contributed by atoms with Crippen molar-refractivity contribution in [3.8, 4) is 0 Å². The minimum atomic E-state index is -3.60. The molecule has 1 aliphatic rings. The van der Waals surface area contributed by atoms with E-state index < -0.39 is 27.3 Å². The Bertz CT molecular complexity index is 627. The summed E-state index contributed by atoms with van der Waals surface area (Å²) in [6, 6.07) is 3.69. The number of nitrogens with one attached hydrogen (secondary N) is 1. The van der Waals surface area contributed by atoms with Crippen LogP contribution in [-0.4, -0.2) is 38.5 Å². The fraction of sp³-hybridized carbons (Fsp3) is 0.462. The third-order valence-corrected chi connectivity index (χ3v) is 4.66. The Hall–Kier alpha value is -1.67. The maximum Gasteiger partial charge on any atom is 0.239 e. The van der Waals surface area contributed by atoms with Crippen molar-refractivity contribution in [2.75, 3.05) is 29.2 Å². The molecule has 1 fully saturated rings. The van der Waals surface area contributed by atoms with E-state index in [-0.39, 0.29) is 23.2 Å².